The van der Waals surface area contributed by atoms with Crippen molar-refractivity contribution in [3.63, 3.8) is 0 Å². The number of amides is 2. The molecule has 0 aromatic heterocycles. The summed E-state index contributed by atoms with van der Waals surface area (Å²) in [6, 6.07) is 7.99. The molecule has 5 nitrogen and oxygen atoms in total. The zero-order chi connectivity index (χ0) is 18.2. The van der Waals surface area contributed by atoms with E-state index in [-0.39, 0.29) is 18.1 Å². The monoisotopic (exact) mass is 348 g/mol. The van der Waals surface area contributed by atoms with Crippen molar-refractivity contribution in [1.29, 1.82) is 0 Å². The fourth-order valence-electron chi connectivity index (χ4n) is 3.47. The van der Waals surface area contributed by atoms with Gasteiger partial charge in [-0.1, -0.05) is 31.9 Å². The minimum Gasteiger partial charge on any atom is -0.497 e. The van der Waals surface area contributed by atoms with Crippen LogP contribution in [0.5, 0.6) is 5.75 Å². The molecule has 1 fully saturated rings. The molecule has 1 aromatic carbocycles. The summed E-state index contributed by atoms with van der Waals surface area (Å²) in [6.45, 7) is 3.40. The standard InChI is InChI=1S/C20H32N2O3/c1-15(12-16-8-10-18(25-3)11-9-16)13-21-20(24)22(2)14-17-6-4-5-7-19(17)23/h8-11,15,17,19,23H,4-7,12-14H2,1-3H3,(H,21,24). The Kier molecular flexibility index (Phi) is 7.56. The van der Waals surface area contributed by atoms with Gasteiger partial charge in [-0.15, -0.1) is 0 Å². The molecule has 1 saturated carbocycles. The lowest BCUT2D eigenvalue weighted by Crippen LogP contribution is -2.44. The number of methoxy groups -OCH3 is 1. The Morgan fingerprint density at radius 1 is 1.32 bits per heavy atom. The summed E-state index contributed by atoms with van der Waals surface area (Å²) >= 11 is 0. The highest BCUT2D eigenvalue weighted by Crippen LogP contribution is 2.24. The van der Waals surface area contributed by atoms with Crippen molar-refractivity contribution in [3.8, 4) is 5.75 Å². The van der Waals surface area contributed by atoms with Crippen molar-refractivity contribution in [2.45, 2.75) is 45.1 Å². The number of aliphatic hydroxyl groups is 1. The van der Waals surface area contributed by atoms with Crippen LogP contribution >= 0.6 is 0 Å². The molecule has 0 aliphatic heterocycles. The first kappa shape index (κ1) is 19.6. The third kappa shape index (κ3) is 6.24. The van der Waals surface area contributed by atoms with E-state index in [1.54, 1.807) is 12.0 Å². The van der Waals surface area contributed by atoms with Crippen molar-refractivity contribution in [2.24, 2.45) is 11.8 Å². The Balaban J connectivity index is 1.72. The molecule has 25 heavy (non-hydrogen) atoms. The lowest BCUT2D eigenvalue weighted by atomic mass is 9.86. The molecule has 2 N–H and O–H groups in total. The van der Waals surface area contributed by atoms with E-state index in [1.165, 1.54) is 5.56 Å². The Morgan fingerprint density at radius 2 is 2.00 bits per heavy atom. The lowest BCUT2D eigenvalue weighted by molar-refractivity contribution is 0.0564. The van der Waals surface area contributed by atoms with Gasteiger partial charge in [0.25, 0.3) is 0 Å². The maximum Gasteiger partial charge on any atom is 0.317 e. The summed E-state index contributed by atoms with van der Waals surface area (Å²) in [5.41, 5.74) is 1.24. The number of carbonyl (C=O) groups is 1. The summed E-state index contributed by atoms with van der Waals surface area (Å²) in [7, 11) is 3.47. The first-order valence-corrected chi connectivity index (χ1v) is 9.29. The van der Waals surface area contributed by atoms with E-state index < -0.39 is 0 Å². The predicted octanol–water partition coefficient (Wildman–Crippen LogP) is 3.07. The average molecular weight is 348 g/mol. The van der Waals surface area contributed by atoms with Crippen LogP contribution in [-0.4, -0.2) is 49.4 Å². The molecule has 1 aliphatic carbocycles. The van der Waals surface area contributed by atoms with Gasteiger partial charge in [0.2, 0.25) is 0 Å². The van der Waals surface area contributed by atoms with Crippen LogP contribution in [0.2, 0.25) is 0 Å². The number of nitrogens with one attached hydrogen (secondary N) is 1. The van der Waals surface area contributed by atoms with Crippen molar-refractivity contribution in [2.75, 3.05) is 27.2 Å². The van der Waals surface area contributed by atoms with Crippen molar-refractivity contribution < 1.29 is 14.6 Å². The number of rotatable bonds is 7. The average Bonchev–Trinajstić information content (AvgIpc) is 2.62. The van der Waals surface area contributed by atoms with Gasteiger partial charge in [-0.2, -0.15) is 0 Å². The van der Waals surface area contributed by atoms with Gasteiger partial charge >= 0.3 is 6.03 Å². The smallest absolute Gasteiger partial charge is 0.317 e. The normalized spacial score (nSPS) is 21.4. The van der Waals surface area contributed by atoms with Gasteiger partial charge in [-0.05, 0) is 42.9 Å². The van der Waals surface area contributed by atoms with Crippen LogP contribution in [0.15, 0.2) is 24.3 Å². The summed E-state index contributed by atoms with van der Waals surface area (Å²) in [5.74, 6) is 1.42. The van der Waals surface area contributed by atoms with Gasteiger partial charge in [0, 0.05) is 26.1 Å². The van der Waals surface area contributed by atoms with E-state index in [0.717, 1.165) is 37.9 Å². The number of urea groups is 1. The summed E-state index contributed by atoms with van der Waals surface area (Å²) in [6.07, 6.45) is 4.76. The van der Waals surface area contributed by atoms with Gasteiger partial charge in [0.1, 0.15) is 5.75 Å². The molecule has 0 radical (unpaired) electrons. The molecule has 1 aromatic rings. The molecule has 3 atom stereocenters. The van der Waals surface area contributed by atoms with Crippen molar-refractivity contribution in [1.82, 2.24) is 10.2 Å². The fourth-order valence-corrected chi connectivity index (χ4v) is 3.47. The van der Waals surface area contributed by atoms with Crippen LogP contribution in [0.4, 0.5) is 4.79 Å². The number of ether oxygens (including phenoxy) is 1. The third-order valence-electron chi connectivity index (χ3n) is 5.07. The Morgan fingerprint density at radius 3 is 2.64 bits per heavy atom. The van der Waals surface area contributed by atoms with E-state index in [4.69, 9.17) is 4.74 Å². The molecule has 3 unspecified atom stereocenters. The van der Waals surface area contributed by atoms with Crippen LogP contribution in [0.3, 0.4) is 0 Å². The van der Waals surface area contributed by atoms with Crippen LogP contribution in [0.25, 0.3) is 0 Å². The molecule has 2 rings (SSSR count). The molecule has 0 bridgehead atoms. The van der Waals surface area contributed by atoms with Crippen molar-refractivity contribution >= 4 is 6.03 Å². The summed E-state index contributed by atoms with van der Waals surface area (Å²) in [5, 5.41) is 13.1. The van der Waals surface area contributed by atoms with Crippen molar-refractivity contribution in [3.05, 3.63) is 29.8 Å². The highest BCUT2D eigenvalue weighted by Gasteiger charge is 2.25. The Hall–Kier alpha value is -1.75. The van der Waals surface area contributed by atoms with Gasteiger partial charge in [0.05, 0.1) is 13.2 Å². The fraction of sp³-hybridized carbons (Fsp3) is 0.650. The van der Waals surface area contributed by atoms with E-state index in [1.807, 2.05) is 19.2 Å². The van der Waals surface area contributed by atoms with E-state index >= 15 is 0 Å². The second-order valence-electron chi connectivity index (χ2n) is 7.34. The minimum absolute atomic E-state index is 0.0562. The molecule has 2 amide bonds. The first-order valence-electron chi connectivity index (χ1n) is 9.29. The third-order valence-corrected chi connectivity index (χ3v) is 5.07. The number of benzene rings is 1. The molecule has 1 aliphatic rings. The quantitative estimate of drug-likeness (QED) is 0.796. The SMILES string of the molecule is COc1ccc(CC(C)CNC(=O)N(C)CC2CCCCC2O)cc1. The molecule has 0 saturated heterocycles. The molecule has 0 heterocycles. The van der Waals surface area contributed by atoms with Crippen LogP contribution in [0, 0.1) is 11.8 Å². The number of hydrogen-bond donors (Lipinski definition) is 2. The summed E-state index contributed by atoms with van der Waals surface area (Å²) in [4.78, 5) is 14.0. The van der Waals surface area contributed by atoms with Crippen LogP contribution in [-0.2, 0) is 6.42 Å². The van der Waals surface area contributed by atoms with E-state index in [0.29, 0.717) is 19.0 Å². The zero-order valence-corrected chi connectivity index (χ0v) is 15.7. The Bertz CT molecular complexity index is 532. The predicted molar refractivity (Wildman–Crippen MR) is 99.9 cm³/mol. The van der Waals surface area contributed by atoms with Gasteiger partial charge in [0.15, 0.2) is 0 Å². The first-order chi connectivity index (χ1) is 12.0. The summed E-state index contributed by atoms with van der Waals surface area (Å²) < 4.78 is 5.17. The second kappa shape index (κ2) is 9.66. The number of carbonyl (C=O) groups excluding carboxylic acids is 1. The topological polar surface area (TPSA) is 61.8 Å². The zero-order valence-electron chi connectivity index (χ0n) is 15.7. The molecule has 140 valence electrons. The van der Waals surface area contributed by atoms with E-state index in [2.05, 4.69) is 24.4 Å². The molecule has 0 spiro atoms. The van der Waals surface area contributed by atoms with Crippen LogP contribution in [0.1, 0.15) is 38.2 Å². The van der Waals surface area contributed by atoms with E-state index in [9.17, 15) is 9.90 Å². The molecule has 5 heteroatoms. The Labute approximate surface area is 151 Å². The van der Waals surface area contributed by atoms with Crippen LogP contribution < -0.4 is 10.1 Å². The molecular weight excluding hydrogens is 316 g/mol. The maximum absolute atomic E-state index is 12.3. The van der Waals surface area contributed by atoms with Gasteiger partial charge in [-0.3, -0.25) is 0 Å². The number of nitrogens with zero attached hydrogens (tertiary/aromatic N) is 1. The number of hydrogen-bond acceptors (Lipinski definition) is 3. The second-order valence-corrected chi connectivity index (χ2v) is 7.34. The van der Waals surface area contributed by atoms with Gasteiger partial charge in [-0.25, -0.2) is 4.79 Å². The highest BCUT2D eigenvalue weighted by atomic mass is 16.5. The largest absolute Gasteiger partial charge is 0.497 e. The maximum atomic E-state index is 12.3. The highest BCUT2D eigenvalue weighted by molar-refractivity contribution is 5.73. The lowest BCUT2D eigenvalue weighted by Gasteiger charge is -2.31. The van der Waals surface area contributed by atoms with Gasteiger partial charge < -0.3 is 20.1 Å². The number of aliphatic hydroxyl groups excluding tert-OH is 1. The minimum atomic E-state index is -0.266. The molecular formula is C20H32N2O3.